The molecule has 2 aromatic heterocycles. The molecule has 4 heterocycles. The number of amides is 4. The van der Waals surface area contributed by atoms with Crippen molar-refractivity contribution in [2.75, 3.05) is 27.2 Å². The fourth-order valence-electron chi connectivity index (χ4n) is 9.82. The number of likely N-dealkylation sites (tertiary alicyclic amines) is 2. The average molecular weight is 844 g/mol. The summed E-state index contributed by atoms with van der Waals surface area (Å²) in [5.74, 6) is -0.892. The second kappa shape index (κ2) is 19.4. The Balaban J connectivity index is 1.24. The Morgan fingerprint density at radius 2 is 1.44 bits per heavy atom. The van der Waals surface area contributed by atoms with E-state index in [1.165, 1.54) is 24.3 Å². The van der Waals surface area contributed by atoms with Crippen LogP contribution in [0.3, 0.4) is 0 Å². The second-order valence-corrected chi connectivity index (χ2v) is 17.5. The van der Waals surface area contributed by atoms with E-state index in [2.05, 4.69) is 26.3 Å². The number of likely N-dealkylation sites (N-methyl/N-ethyl adjacent to an activating group) is 2. The van der Waals surface area contributed by atoms with Gasteiger partial charge >= 0.3 is 0 Å². The molecule has 6 atom stereocenters. The lowest BCUT2D eigenvalue weighted by Crippen LogP contribution is -2.56. The normalized spacial score (nSPS) is 20.6. The van der Waals surface area contributed by atoms with Crippen LogP contribution < -0.4 is 21.3 Å². The first-order valence-corrected chi connectivity index (χ1v) is 22.4. The molecule has 7 rings (SSSR count). The predicted octanol–water partition coefficient (Wildman–Crippen LogP) is 5.55. The van der Waals surface area contributed by atoms with Gasteiger partial charge in [0.1, 0.15) is 23.7 Å². The molecule has 13 nitrogen and oxygen atoms in total. The smallest absolute Gasteiger partial charge is 0.245 e. The molecule has 15 heteroatoms. The minimum Gasteiger partial charge on any atom is -0.352 e. The van der Waals surface area contributed by atoms with Crippen LogP contribution in [0.15, 0.2) is 36.4 Å². The van der Waals surface area contributed by atoms with Gasteiger partial charge in [0, 0.05) is 48.7 Å². The van der Waals surface area contributed by atoms with Crippen LogP contribution in [0, 0.1) is 17.6 Å². The number of benzene rings is 2. The van der Waals surface area contributed by atoms with Crippen LogP contribution in [0.5, 0.6) is 0 Å². The van der Waals surface area contributed by atoms with Crippen LogP contribution in [0.2, 0.25) is 0 Å². The van der Waals surface area contributed by atoms with Gasteiger partial charge in [-0.1, -0.05) is 32.6 Å². The molecule has 0 bridgehead atoms. The van der Waals surface area contributed by atoms with Crippen molar-refractivity contribution in [2.45, 2.75) is 141 Å². The van der Waals surface area contributed by atoms with Gasteiger partial charge < -0.3 is 40.6 Å². The van der Waals surface area contributed by atoms with Crippen LogP contribution in [-0.4, -0.2) is 111 Å². The third-order valence-electron chi connectivity index (χ3n) is 13.5. The lowest BCUT2D eigenvalue weighted by molar-refractivity contribution is -0.139. The molecule has 4 amide bonds. The minimum atomic E-state index is -0.674. The van der Waals surface area contributed by atoms with Crippen molar-refractivity contribution in [3.8, 4) is 11.5 Å². The third kappa shape index (κ3) is 9.47. The molecule has 1 saturated carbocycles. The summed E-state index contributed by atoms with van der Waals surface area (Å²) in [5.41, 5.74) is 3.21. The summed E-state index contributed by atoms with van der Waals surface area (Å²) < 4.78 is 31.8. The Hall–Kier alpha value is -4.89. The maximum Gasteiger partial charge on any atom is 0.245 e. The molecule has 5 N–H and O–H groups in total. The van der Waals surface area contributed by atoms with Gasteiger partial charge in [-0.2, -0.15) is 0 Å². The third-order valence-corrected chi connectivity index (χ3v) is 13.5. The van der Waals surface area contributed by atoms with Gasteiger partial charge in [-0.3, -0.25) is 19.2 Å². The Bertz CT molecular complexity index is 2220. The SMILES string of the molecule is CCC[C@H](NC(=O)[C@H](C)NC)C(=O)N1CCC[C@H]1Cn1c(-c2[nH]c3cc(F)ccc3c2C[C@@H]2CCCN2C(=O)[C@@H](NC(=O)[C@H](C)NC)C2CCCCC2)nc2cc(F)ccc21. The van der Waals surface area contributed by atoms with Gasteiger partial charge in [0.05, 0.1) is 28.8 Å². The van der Waals surface area contributed by atoms with E-state index in [4.69, 9.17) is 4.98 Å². The van der Waals surface area contributed by atoms with E-state index in [1.807, 2.05) is 21.3 Å². The molecule has 1 aliphatic carbocycles. The summed E-state index contributed by atoms with van der Waals surface area (Å²) >= 11 is 0. The first-order valence-electron chi connectivity index (χ1n) is 22.4. The van der Waals surface area contributed by atoms with Crippen LogP contribution >= 0.6 is 0 Å². The largest absolute Gasteiger partial charge is 0.352 e. The van der Waals surface area contributed by atoms with Crippen molar-refractivity contribution in [3.05, 3.63) is 53.6 Å². The Morgan fingerprint density at radius 1 is 0.803 bits per heavy atom. The Kier molecular flexibility index (Phi) is 14.1. The van der Waals surface area contributed by atoms with Gasteiger partial charge in [-0.25, -0.2) is 13.8 Å². The van der Waals surface area contributed by atoms with E-state index in [-0.39, 0.29) is 41.6 Å². The number of carbonyl (C=O) groups is 4. The van der Waals surface area contributed by atoms with Gasteiger partial charge in [0.2, 0.25) is 23.6 Å². The molecule has 2 aromatic carbocycles. The fourth-order valence-corrected chi connectivity index (χ4v) is 9.82. The number of nitrogens with one attached hydrogen (secondary N) is 5. The van der Waals surface area contributed by atoms with Gasteiger partial charge in [-0.15, -0.1) is 0 Å². The number of imidazole rings is 1. The molecule has 0 spiro atoms. The molecule has 4 aromatic rings. The van der Waals surface area contributed by atoms with Crippen LogP contribution in [0.1, 0.15) is 97.0 Å². The summed E-state index contributed by atoms with van der Waals surface area (Å²) in [4.78, 5) is 67.5. The highest BCUT2D eigenvalue weighted by atomic mass is 19.1. The van der Waals surface area contributed by atoms with E-state index in [0.29, 0.717) is 67.0 Å². The van der Waals surface area contributed by atoms with Gasteiger partial charge in [0.15, 0.2) is 5.82 Å². The maximum absolute atomic E-state index is 14.9. The highest BCUT2D eigenvalue weighted by Gasteiger charge is 2.40. The molecule has 0 radical (unpaired) electrons. The summed E-state index contributed by atoms with van der Waals surface area (Å²) in [6.45, 7) is 6.99. The number of aromatic nitrogens is 3. The van der Waals surface area contributed by atoms with Crippen molar-refractivity contribution in [3.63, 3.8) is 0 Å². The van der Waals surface area contributed by atoms with Crippen molar-refractivity contribution in [2.24, 2.45) is 5.92 Å². The second-order valence-electron chi connectivity index (χ2n) is 17.5. The summed E-state index contributed by atoms with van der Waals surface area (Å²) in [6, 6.07) is 6.50. The van der Waals surface area contributed by atoms with E-state index in [9.17, 15) is 28.0 Å². The first-order chi connectivity index (χ1) is 29.4. The van der Waals surface area contributed by atoms with Gasteiger partial charge in [-0.05, 0) is 121 Å². The topological polar surface area (TPSA) is 156 Å². The first kappa shape index (κ1) is 44.2. The van der Waals surface area contributed by atoms with E-state index >= 15 is 0 Å². The molecule has 61 heavy (non-hydrogen) atoms. The number of H-pyrrole nitrogens is 1. The highest BCUT2D eigenvalue weighted by Crippen LogP contribution is 2.37. The molecular weight excluding hydrogens is 781 g/mol. The fraction of sp³-hybridized carbons (Fsp3) is 0.587. The Labute approximate surface area is 357 Å². The minimum absolute atomic E-state index is 0.0508. The molecule has 2 aliphatic heterocycles. The summed E-state index contributed by atoms with van der Waals surface area (Å²) in [5, 5.41) is 12.8. The van der Waals surface area contributed by atoms with Crippen molar-refractivity contribution < 1.29 is 28.0 Å². The number of rotatable bonds is 16. The zero-order valence-electron chi connectivity index (χ0n) is 36.3. The zero-order chi connectivity index (χ0) is 43.4. The maximum atomic E-state index is 14.9. The standard InChI is InChI=1S/C46H63F2N9O4/c1-6-12-36(53-43(58)27(2)49-4)45(60)56-22-11-16-33(56)26-57-39-20-18-31(48)24-38(39)52-42(57)41-35(34-19-17-30(47)23-37(34)51-41)25-32-15-10-21-55(32)46(61)40(29-13-8-7-9-14-29)54-44(59)28(3)50-5/h17-20,23-24,27-29,32-33,36,40,49-51H,6-16,21-22,25-26H2,1-5H3,(H,53,58)(H,54,59)/t27-,28-,32-,33-,36-,40-/m0/s1. The van der Waals surface area contributed by atoms with Crippen molar-refractivity contribution in [1.82, 2.24) is 45.6 Å². The molecule has 0 unspecified atom stereocenters. The number of nitrogens with zero attached hydrogens (tertiary/aromatic N) is 4. The number of fused-ring (bicyclic) bond motifs is 2. The highest BCUT2D eigenvalue weighted by molar-refractivity contribution is 5.93. The Morgan fingerprint density at radius 3 is 2.13 bits per heavy atom. The monoisotopic (exact) mass is 843 g/mol. The van der Waals surface area contributed by atoms with E-state index in [1.54, 1.807) is 40.1 Å². The molecule has 2 saturated heterocycles. The van der Waals surface area contributed by atoms with Crippen molar-refractivity contribution >= 4 is 45.6 Å². The molecular formula is C46H63F2N9O4. The quantitative estimate of drug-likeness (QED) is 0.0991. The number of hydrogen-bond donors (Lipinski definition) is 5. The average Bonchev–Trinajstić information content (AvgIpc) is 4.07. The number of hydrogen-bond acceptors (Lipinski definition) is 7. The van der Waals surface area contributed by atoms with Crippen LogP contribution in [0.25, 0.3) is 33.5 Å². The zero-order valence-corrected chi connectivity index (χ0v) is 36.3. The lowest BCUT2D eigenvalue weighted by Gasteiger charge is -2.35. The molecule has 3 aliphatic rings. The van der Waals surface area contributed by atoms with E-state index in [0.717, 1.165) is 68.7 Å². The van der Waals surface area contributed by atoms with Crippen molar-refractivity contribution in [1.29, 1.82) is 0 Å². The predicted molar refractivity (Wildman–Crippen MR) is 233 cm³/mol. The molecule has 3 fully saturated rings. The number of halogens is 2. The van der Waals surface area contributed by atoms with Gasteiger partial charge in [0.25, 0.3) is 0 Å². The molecule has 330 valence electrons. The summed E-state index contributed by atoms with van der Waals surface area (Å²) in [7, 11) is 3.44. The van der Waals surface area contributed by atoms with E-state index < -0.39 is 35.8 Å². The lowest BCUT2D eigenvalue weighted by atomic mass is 9.83. The number of carbonyl (C=O) groups excluding carboxylic acids is 4. The summed E-state index contributed by atoms with van der Waals surface area (Å²) in [6.07, 6.45) is 9.64. The van der Waals surface area contributed by atoms with Crippen LogP contribution in [0.4, 0.5) is 8.78 Å². The van der Waals surface area contributed by atoms with Crippen LogP contribution in [-0.2, 0) is 32.1 Å². The number of aromatic amines is 1.